The summed E-state index contributed by atoms with van der Waals surface area (Å²) in [5, 5.41) is 0. The Hall–Kier alpha value is -1.64. The lowest BCUT2D eigenvalue weighted by molar-refractivity contribution is 0.0730. The van der Waals surface area contributed by atoms with Gasteiger partial charge in [-0.3, -0.25) is 4.79 Å². The molecule has 1 fully saturated rings. The van der Waals surface area contributed by atoms with Gasteiger partial charge < -0.3 is 15.2 Å². The fraction of sp³-hybridized carbons (Fsp3) is 0.462. The number of primary amides is 1. The second kappa shape index (κ2) is 6.42. The Morgan fingerprint density at radius 3 is 2.62 bits per heavy atom. The van der Waals surface area contributed by atoms with E-state index in [2.05, 4.69) is 0 Å². The number of hydrogen-bond donors (Lipinski definition) is 1. The largest absolute Gasteiger partial charge is 0.493 e. The van der Waals surface area contributed by atoms with Crippen LogP contribution in [-0.4, -0.2) is 51.5 Å². The second-order valence-corrected chi connectivity index (χ2v) is 6.41. The first-order valence-corrected chi connectivity index (χ1v) is 8.05. The van der Waals surface area contributed by atoms with Crippen LogP contribution in [0.15, 0.2) is 23.1 Å². The first kappa shape index (κ1) is 15.7. The van der Waals surface area contributed by atoms with Crippen molar-refractivity contribution in [1.29, 1.82) is 0 Å². The lowest BCUT2D eigenvalue weighted by Gasteiger charge is -2.26. The third-order valence-electron chi connectivity index (χ3n) is 3.12. The molecule has 0 aromatic heterocycles. The predicted octanol–water partition coefficient (Wildman–Crippen LogP) is 0.205. The summed E-state index contributed by atoms with van der Waals surface area (Å²) < 4.78 is 36.8. The van der Waals surface area contributed by atoms with Crippen molar-refractivity contribution >= 4 is 15.9 Å². The van der Waals surface area contributed by atoms with E-state index in [1.165, 1.54) is 22.5 Å². The van der Waals surface area contributed by atoms with Crippen LogP contribution < -0.4 is 10.5 Å². The lowest BCUT2D eigenvalue weighted by Crippen LogP contribution is -2.40. The van der Waals surface area contributed by atoms with Gasteiger partial charge in [-0.15, -0.1) is 0 Å². The van der Waals surface area contributed by atoms with Gasteiger partial charge in [0.1, 0.15) is 5.75 Å². The van der Waals surface area contributed by atoms with Crippen LogP contribution in [0.1, 0.15) is 17.3 Å². The molecule has 1 heterocycles. The molecule has 8 heteroatoms. The van der Waals surface area contributed by atoms with Gasteiger partial charge >= 0.3 is 0 Å². The minimum Gasteiger partial charge on any atom is -0.493 e. The highest BCUT2D eigenvalue weighted by atomic mass is 32.2. The molecule has 116 valence electrons. The van der Waals surface area contributed by atoms with Crippen LogP contribution in [0.3, 0.4) is 0 Å². The molecule has 1 aromatic rings. The van der Waals surface area contributed by atoms with Crippen molar-refractivity contribution in [2.45, 2.75) is 11.8 Å². The molecule has 0 bridgehead atoms. The van der Waals surface area contributed by atoms with E-state index in [1.807, 2.05) is 0 Å². The van der Waals surface area contributed by atoms with E-state index in [-0.39, 0.29) is 16.2 Å². The number of hydrogen-bond acceptors (Lipinski definition) is 5. The Balaban J connectivity index is 2.39. The van der Waals surface area contributed by atoms with Crippen molar-refractivity contribution in [3.63, 3.8) is 0 Å². The van der Waals surface area contributed by atoms with Crippen LogP contribution in [0.2, 0.25) is 0 Å². The Bertz CT molecular complexity index is 623. The third-order valence-corrected chi connectivity index (χ3v) is 5.02. The lowest BCUT2D eigenvalue weighted by atomic mass is 10.2. The number of carbonyl (C=O) groups is 1. The number of ether oxygens (including phenoxy) is 2. The van der Waals surface area contributed by atoms with Crippen LogP contribution in [0.25, 0.3) is 0 Å². The number of benzene rings is 1. The zero-order valence-electron chi connectivity index (χ0n) is 11.7. The van der Waals surface area contributed by atoms with Crippen molar-refractivity contribution in [2.24, 2.45) is 5.73 Å². The first-order valence-electron chi connectivity index (χ1n) is 6.61. The zero-order valence-corrected chi connectivity index (χ0v) is 12.6. The normalized spacial score (nSPS) is 16.6. The molecule has 0 saturated carbocycles. The van der Waals surface area contributed by atoms with Gasteiger partial charge in [-0.25, -0.2) is 8.42 Å². The van der Waals surface area contributed by atoms with E-state index in [0.717, 1.165) is 0 Å². The average molecular weight is 314 g/mol. The summed E-state index contributed by atoms with van der Waals surface area (Å²) in [6.07, 6.45) is 0. The van der Waals surface area contributed by atoms with Gasteiger partial charge in [0.05, 0.1) is 30.3 Å². The van der Waals surface area contributed by atoms with Crippen molar-refractivity contribution < 1.29 is 22.7 Å². The van der Waals surface area contributed by atoms with Gasteiger partial charge in [-0.1, -0.05) is 0 Å². The van der Waals surface area contributed by atoms with Gasteiger partial charge in [-0.2, -0.15) is 4.31 Å². The minimum atomic E-state index is -3.66. The van der Waals surface area contributed by atoms with E-state index >= 15 is 0 Å². The number of morpholine rings is 1. The third kappa shape index (κ3) is 3.34. The van der Waals surface area contributed by atoms with Gasteiger partial charge in [0, 0.05) is 13.1 Å². The molecule has 0 spiro atoms. The standard InChI is InChI=1S/C13H18N2O5S/c1-2-20-12-4-3-10(9-11(12)13(14)16)21(17,18)15-5-7-19-8-6-15/h3-4,9H,2,5-8H2,1H3,(H2,14,16). The van der Waals surface area contributed by atoms with Crippen LogP contribution in [-0.2, 0) is 14.8 Å². The molecule has 2 rings (SSSR count). The van der Waals surface area contributed by atoms with Crippen LogP contribution >= 0.6 is 0 Å². The molecule has 1 aliphatic rings. The Morgan fingerprint density at radius 1 is 1.38 bits per heavy atom. The predicted molar refractivity (Wildman–Crippen MR) is 75.7 cm³/mol. The van der Waals surface area contributed by atoms with Gasteiger partial charge in [-0.05, 0) is 25.1 Å². The average Bonchev–Trinajstić information content (AvgIpc) is 2.48. The van der Waals surface area contributed by atoms with Gasteiger partial charge in [0.15, 0.2) is 0 Å². The Kier molecular flexibility index (Phi) is 4.81. The Morgan fingerprint density at radius 2 is 2.05 bits per heavy atom. The zero-order chi connectivity index (χ0) is 15.5. The molecule has 0 unspecified atom stereocenters. The molecular weight excluding hydrogens is 296 g/mol. The molecule has 1 amide bonds. The van der Waals surface area contributed by atoms with E-state index < -0.39 is 15.9 Å². The van der Waals surface area contributed by atoms with Crippen molar-refractivity contribution in [2.75, 3.05) is 32.9 Å². The molecule has 0 atom stereocenters. The number of nitrogens with zero attached hydrogens (tertiary/aromatic N) is 1. The van der Waals surface area contributed by atoms with Crippen molar-refractivity contribution in [3.05, 3.63) is 23.8 Å². The molecule has 2 N–H and O–H groups in total. The van der Waals surface area contributed by atoms with E-state index in [1.54, 1.807) is 6.92 Å². The Labute approximate surface area is 123 Å². The highest BCUT2D eigenvalue weighted by Gasteiger charge is 2.27. The number of rotatable bonds is 5. The number of carbonyl (C=O) groups excluding carboxylic acids is 1. The molecule has 7 nitrogen and oxygen atoms in total. The molecule has 1 aromatic carbocycles. The molecular formula is C13H18N2O5S. The molecule has 1 saturated heterocycles. The summed E-state index contributed by atoms with van der Waals surface area (Å²) in [7, 11) is -3.66. The second-order valence-electron chi connectivity index (χ2n) is 4.47. The molecule has 1 aliphatic heterocycles. The van der Waals surface area contributed by atoms with E-state index in [4.69, 9.17) is 15.2 Å². The van der Waals surface area contributed by atoms with Crippen molar-refractivity contribution in [1.82, 2.24) is 4.31 Å². The highest BCUT2D eigenvalue weighted by Crippen LogP contribution is 2.25. The summed E-state index contributed by atoms with van der Waals surface area (Å²) in [6.45, 7) is 3.43. The number of nitrogens with two attached hydrogens (primary N) is 1. The minimum absolute atomic E-state index is 0.0293. The summed E-state index contributed by atoms with van der Waals surface area (Å²) in [5.41, 5.74) is 5.35. The topological polar surface area (TPSA) is 98.9 Å². The van der Waals surface area contributed by atoms with Gasteiger partial charge in [0.2, 0.25) is 10.0 Å². The first-order chi connectivity index (χ1) is 9.96. The van der Waals surface area contributed by atoms with Crippen LogP contribution in [0.5, 0.6) is 5.75 Å². The summed E-state index contributed by atoms with van der Waals surface area (Å²) in [6, 6.07) is 4.14. The highest BCUT2D eigenvalue weighted by molar-refractivity contribution is 7.89. The molecule has 0 aliphatic carbocycles. The number of amides is 1. The van der Waals surface area contributed by atoms with E-state index in [0.29, 0.717) is 32.9 Å². The molecule has 21 heavy (non-hydrogen) atoms. The van der Waals surface area contributed by atoms with Gasteiger partial charge in [0.25, 0.3) is 5.91 Å². The summed E-state index contributed by atoms with van der Waals surface area (Å²) >= 11 is 0. The molecule has 0 radical (unpaired) electrons. The maximum absolute atomic E-state index is 12.5. The SMILES string of the molecule is CCOc1ccc(S(=O)(=O)N2CCOCC2)cc1C(N)=O. The van der Waals surface area contributed by atoms with Crippen LogP contribution in [0.4, 0.5) is 0 Å². The maximum Gasteiger partial charge on any atom is 0.252 e. The summed E-state index contributed by atoms with van der Waals surface area (Å²) in [5.74, 6) is -0.441. The number of sulfonamides is 1. The quantitative estimate of drug-likeness (QED) is 0.837. The maximum atomic E-state index is 12.5. The monoisotopic (exact) mass is 314 g/mol. The van der Waals surface area contributed by atoms with E-state index in [9.17, 15) is 13.2 Å². The summed E-state index contributed by atoms with van der Waals surface area (Å²) in [4.78, 5) is 11.5. The van der Waals surface area contributed by atoms with Crippen LogP contribution in [0, 0.1) is 0 Å². The fourth-order valence-electron chi connectivity index (χ4n) is 2.08. The fourth-order valence-corrected chi connectivity index (χ4v) is 3.51. The van der Waals surface area contributed by atoms with Crippen molar-refractivity contribution in [3.8, 4) is 5.75 Å². The smallest absolute Gasteiger partial charge is 0.252 e.